The van der Waals surface area contributed by atoms with Crippen molar-refractivity contribution in [2.75, 3.05) is 38.1 Å². The van der Waals surface area contributed by atoms with Gasteiger partial charge in [-0.2, -0.15) is 4.52 Å². The number of fused-ring (bicyclic) bond motifs is 1. The average molecular weight is 370 g/mol. The number of β-amino-alcohol motifs (C(OH)–C–C–N with tert-alkyl or cyclic N) is 1. The van der Waals surface area contributed by atoms with Crippen molar-refractivity contribution < 1.29 is 9.50 Å². The van der Waals surface area contributed by atoms with E-state index in [9.17, 15) is 4.39 Å². The number of hydrogen-bond donors (Lipinski definition) is 2. The summed E-state index contributed by atoms with van der Waals surface area (Å²) in [6, 6.07) is 10.2. The number of likely N-dealkylation sites (tertiary alicyclic amines) is 1. The summed E-state index contributed by atoms with van der Waals surface area (Å²) in [5, 5.41) is 25.2. The molecule has 0 aliphatic carbocycles. The topological polar surface area (TPSA) is 78.6 Å². The number of hydrogen-bond acceptors (Lipinski definition) is 6. The molecule has 0 unspecified atom stereocenters. The molecule has 0 atom stereocenters. The first-order valence-corrected chi connectivity index (χ1v) is 9.29. The molecule has 0 radical (unpaired) electrons. The van der Waals surface area contributed by atoms with Gasteiger partial charge < -0.3 is 15.3 Å². The van der Waals surface area contributed by atoms with E-state index in [0.29, 0.717) is 23.0 Å². The maximum atomic E-state index is 14.1. The smallest absolute Gasteiger partial charge is 0.188 e. The van der Waals surface area contributed by atoms with Crippen LogP contribution in [0.3, 0.4) is 0 Å². The normalized spacial score (nSPS) is 16.1. The summed E-state index contributed by atoms with van der Waals surface area (Å²) in [4.78, 5) is 2.29. The Hall–Kier alpha value is -2.58. The quantitative estimate of drug-likeness (QED) is 0.691. The summed E-state index contributed by atoms with van der Waals surface area (Å²) < 4.78 is 15.7. The third-order valence-corrected chi connectivity index (χ3v) is 5.07. The lowest BCUT2D eigenvalue weighted by Gasteiger charge is -2.31. The molecular formula is C19H23FN6O. The van der Waals surface area contributed by atoms with Crippen molar-refractivity contribution in [2.24, 2.45) is 5.92 Å². The van der Waals surface area contributed by atoms with Crippen LogP contribution in [0, 0.1) is 11.7 Å². The minimum Gasteiger partial charge on any atom is -0.395 e. The molecule has 142 valence electrons. The SMILES string of the molecule is OCCN1CCC(CNc2ccc3nnc(-c4ccccc4F)n3n2)CC1. The van der Waals surface area contributed by atoms with E-state index in [4.69, 9.17) is 5.11 Å². The second kappa shape index (κ2) is 7.98. The molecule has 3 aromatic rings. The molecular weight excluding hydrogens is 347 g/mol. The molecule has 0 saturated carbocycles. The molecule has 1 aliphatic heterocycles. The Morgan fingerprint density at radius 2 is 1.93 bits per heavy atom. The van der Waals surface area contributed by atoms with Gasteiger partial charge in [0.1, 0.15) is 11.6 Å². The first-order chi connectivity index (χ1) is 13.2. The summed E-state index contributed by atoms with van der Waals surface area (Å²) in [6.07, 6.45) is 2.20. The molecule has 8 heteroatoms. The fourth-order valence-electron chi connectivity index (χ4n) is 3.50. The molecule has 0 bridgehead atoms. The van der Waals surface area contributed by atoms with Gasteiger partial charge >= 0.3 is 0 Å². The number of anilines is 1. The zero-order valence-electron chi connectivity index (χ0n) is 15.1. The van der Waals surface area contributed by atoms with Crippen LogP contribution in [-0.2, 0) is 0 Å². The third-order valence-electron chi connectivity index (χ3n) is 5.07. The van der Waals surface area contributed by atoms with Crippen LogP contribution < -0.4 is 5.32 Å². The Morgan fingerprint density at radius 3 is 2.70 bits per heavy atom. The Bertz CT molecular complexity index is 906. The molecule has 7 nitrogen and oxygen atoms in total. The van der Waals surface area contributed by atoms with Crippen LogP contribution >= 0.6 is 0 Å². The summed E-state index contributed by atoms with van der Waals surface area (Å²) in [6.45, 7) is 3.84. The second-order valence-corrected chi connectivity index (χ2v) is 6.88. The van der Waals surface area contributed by atoms with Crippen molar-refractivity contribution in [3.8, 4) is 11.4 Å². The monoisotopic (exact) mass is 370 g/mol. The van der Waals surface area contributed by atoms with Crippen LogP contribution in [0.5, 0.6) is 0 Å². The lowest BCUT2D eigenvalue weighted by atomic mass is 9.97. The van der Waals surface area contributed by atoms with Crippen molar-refractivity contribution in [2.45, 2.75) is 12.8 Å². The second-order valence-electron chi connectivity index (χ2n) is 6.88. The zero-order valence-corrected chi connectivity index (χ0v) is 15.1. The number of nitrogens with zero attached hydrogens (tertiary/aromatic N) is 5. The van der Waals surface area contributed by atoms with E-state index in [2.05, 4.69) is 25.5 Å². The van der Waals surface area contributed by atoms with E-state index in [1.165, 1.54) is 6.07 Å². The van der Waals surface area contributed by atoms with Gasteiger partial charge in [-0.05, 0) is 56.1 Å². The Morgan fingerprint density at radius 1 is 1.11 bits per heavy atom. The number of aliphatic hydroxyl groups is 1. The molecule has 27 heavy (non-hydrogen) atoms. The van der Waals surface area contributed by atoms with Crippen molar-refractivity contribution in [1.29, 1.82) is 0 Å². The number of aromatic nitrogens is 4. The lowest BCUT2D eigenvalue weighted by molar-refractivity contribution is 0.151. The van der Waals surface area contributed by atoms with Gasteiger partial charge in [-0.15, -0.1) is 15.3 Å². The van der Waals surface area contributed by atoms with Crippen molar-refractivity contribution >= 4 is 11.5 Å². The highest BCUT2D eigenvalue weighted by molar-refractivity contribution is 5.60. The predicted molar refractivity (Wildman–Crippen MR) is 101 cm³/mol. The van der Waals surface area contributed by atoms with E-state index < -0.39 is 0 Å². The minimum absolute atomic E-state index is 0.218. The predicted octanol–water partition coefficient (Wildman–Crippen LogP) is 2.05. The maximum absolute atomic E-state index is 14.1. The lowest BCUT2D eigenvalue weighted by Crippen LogP contribution is -2.37. The van der Waals surface area contributed by atoms with Crippen LogP contribution in [0.4, 0.5) is 10.2 Å². The van der Waals surface area contributed by atoms with Crippen molar-refractivity contribution in [3.63, 3.8) is 0 Å². The van der Waals surface area contributed by atoms with Gasteiger partial charge in [0, 0.05) is 13.1 Å². The van der Waals surface area contributed by atoms with E-state index in [0.717, 1.165) is 44.8 Å². The van der Waals surface area contributed by atoms with E-state index in [1.807, 2.05) is 12.1 Å². The molecule has 1 aliphatic rings. The van der Waals surface area contributed by atoms with Crippen LogP contribution in [0.15, 0.2) is 36.4 Å². The number of rotatable bonds is 6. The van der Waals surface area contributed by atoms with Crippen molar-refractivity contribution in [1.82, 2.24) is 24.7 Å². The largest absolute Gasteiger partial charge is 0.395 e. The first kappa shape index (κ1) is 17.8. The fourth-order valence-corrected chi connectivity index (χ4v) is 3.50. The van der Waals surface area contributed by atoms with E-state index in [-0.39, 0.29) is 12.4 Å². The molecule has 0 spiro atoms. The summed E-state index contributed by atoms with van der Waals surface area (Å²) in [5.74, 6) is 1.34. The van der Waals surface area contributed by atoms with Crippen LogP contribution in [0.25, 0.3) is 17.0 Å². The zero-order chi connectivity index (χ0) is 18.6. The Labute approximate surface area is 156 Å². The number of aliphatic hydroxyl groups excluding tert-OH is 1. The highest BCUT2D eigenvalue weighted by atomic mass is 19.1. The molecule has 3 heterocycles. The molecule has 0 amide bonds. The molecule has 2 aromatic heterocycles. The van der Waals surface area contributed by atoms with E-state index >= 15 is 0 Å². The van der Waals surface area contributed by atoms with Crippen LogP contribution in [-0.4, -0.2) is 62.6 Å². The molecule has 4 rings (SSSR count). The van der Waals surface area contributed by atoms with Crippen molar-refractivity contribution in [3.05, 3.63) is 42.2 Å². The fraction of sp³-hybridized carbons (Fsp3) is 0.421. The molecule has 1 saturated heterocycles. The Kier molecular flexibility index (Phi) is 5.26. The summed E-state index contributed by atoms with van der Waals surface area (Å²) >= 11 is 0. The number of benzene rings is 1. The summed E-state index contributed by atoms with van der Waals surface area (Å²) in [7, 11) is 0. The molecule has 1 aromatic carbocycles. The Balaban J connectivity index is 1.46. The average Bonchev–Trinajstić information content (AvgIpc) is 3.11. The van der Waals surface area contributed by atoms with Gasteiger partial charge in [-0.25, -0.2) is 4.39 Å². The first-order valence-electron chi connectivity index (χ1n) is 9.29. The highest BCUT2D eigenvalue weighted by Crippen LogP contribution is 2.22. The number of piperidine rings is 1. The van der Waals surface area contributed by atoms with Gasteiger partial charge in [0.05, 0.1) is 12.2 Å². The minimum atomic E-state index is -0.346. The van der Waals surface area contributed by atoms with Gasteiger partial charge in [-0.3, -0.25) is 0 Å². The van der Waals surface area contributed by atoms with E-state index in [1.54, 1.807) is 22.7 Å². The molecule has 2 N–H and O–H groups in total. The van der Waals surface area contributed by atoms with Gasteiger partial charge in [-0.1, -0.05) is 12.1 Å². The van der Waals surface area contributed by atoms with Gasteiger partial charge in [0.25, 0.3) is 0 Å². The maximum Gasteiger partial charge on any atom is 0.188 e. The molecule has 1 fully saturated rings. The number of halogens is 1. The standard InChI is InChI=1S/C19H23FN6O/c20-16-4-2-1-3-15(16)19-23-22-18-6-5-17(24-26(18)19)21-13-14-7-9-25(10-8-14)11-12-27/h1-6,14,27H,7-13H2,(H,21,24). The van der Waals surface area contributed by atoms with Crippen LogP contribution in [0.2, 0.25) is 0 Å². The number of nitrogens with one attached hydrogen (secondary N) is 1. The van der Waals surface area contributed by atoms with Gasteiger partial charge in [0.15, 0.2) is 11.5 Å². The third kappa shape index (κ3) is 3.91. The van der Waals surface area contributed by atoms with Crippen LogP contribution in [0.1, 0.15) is 12.8 Å². The summed E-state index contributed by atoms with van der Waals surface area (Å²) in [5.41, 5.74) is 0.960. The highest BCUT2D eigenvalue weighted by Gasteiger charge is 2.19. The van der Waals surface area contributed by atoms with Gasteiger partial charge in [0.2, 0.25) is 0 Å².